The van der Waals surface area contributed by atoms with Crippen molar-refractivity contribution in [3.8, 4) is 0 Å². The predicted molar refractivity (Wildman–Crippen MR) is 103 cm³/mol. The summed E-state index contributed by atoms with van der Waals surface area (Å²) in [5, 5.41) is 8.52. The van der Waals surface area contributed by atoms with Crippen LogP contribution in [0.3, 0.4) is 0 Å². The summed E-state index contributed by atoms with van der Waals surface area (Å²) < 4.78 is 34.1. The summed E-state index contributed by atoms with van der Waals surface area (Å²) in [5.74, 6) is -0.653. The molecule has 0 spiro atoms. The number of carboxylic acids is 1. The predicted octanol–water partition coefficient (Wildman–Crippen LogP) is 4.61. The van der Waals surface area contributed by atoms with E-state index in [0.29, 0.717) is 6.42 Å². The maximum atomic E-state index is 10.3. The normalized spacial score (nSPS) is 10.6. The molecule has 0 aliphatic carbocycles. The summed E-state index contributed by atoms with van der Waals surface area (Å²) in [6.07, 6.45) is 20.2. The molecule has 26 heavy (non-hydrogen) atoms. The van der Waals surface area contributed by atoms with Crippen LogP contribution in [-0.2, 0) is 15.2 Å². The molecule has 0 aromatic heterocycles. The van der Waals surface area contributed by atoms with Gasteiger partial charge < -0.3 is 14.2 Å². The van der Waals surface area contributed by atoms with E-state index in [1.54, 1.807) is 0 Å². The van der Waals surface area contributed by atoms with Crippen LogP contribution in [0.5, 0.6) is 0 Å². The molecule has 0 rings (SSSR count). The van der Waals surface area contributed by atoms with Gasteiger partial charge in [0.2, 0.25) is 0 Å². The van der Waals surface area contributed by atoms with Crippen molar-refractivity contribution < 1.29 is 27.4 Å². The summed E-state index contributed by atoms with van der Waals surface area (Å²) >= 11 is 0. The summed E-state index contributed by atoms with van der Waals surface area (Å²) in [7, 11) is -5.17. The van der Waals surface area contributed by atoms with Crippen LogP contribution in [0.2, 0.25) is 0 Å². The fourth-order valence-electron chi connectivity index (χ4n) is 2.65. The number of carboxylic acid groups (broad SMARTS) is 1. The van der Waals surface area contributed by atoms with E-state index >= 15 is 0 Å². The van der Waals surface area contributed by atoms with E-state index in [4.69, 9.17) is 22.6 Å². The second kappa shape index (κ2) is 23.1. The zero-order valence-corrected chi connectivity index (χ0v) is 18.6. The summed E-state index contributed by atoms with van der Waals surface area (Å²) in [6.45, 7) is 2.27. The molecule has 0 unspecified atom stereocenters. The Morgan fingerprint density at radius 3 is 1.15 bits per heavy atom. The van der Waals surface area contributed by atoms with E-state index in [0.717, 1.165) is 12.8 Å². The zero-order chi connectivity index (χ0) is 19.4. The van der Waals surface area contributed by atoms with Gasteiger partial charge in [-0.25, -0.2) is 0 Å². The fourth-order valence-corrected chi connectivity index (χ4v) is 2.65. The van der Waals surface area contributed by atoms with Crippen LogP contribution in [0, 0.1) is 0 Å². The third-order valence-electron chi connectivity index (χ3n) is 3.99. The van der Waals surface area contributed by atoms with Gasteiger partial charge in [-0.2, -0.15) is 0 Å². The van der Waals surface area contributed by atoms with Gasteiger partial charge in [-0.05, 0) is 6.42 Å². The number of hydrogen-bond donors (Lipinski definition) is 1. The van der Waals surface area contributed by atoms with Crippen LogP contribution in [0.1, 0.15) is 110 Å². The smallest absolute Gasteiger partial charge is 0.759 e. The van der Waals surface area contributed by atoms with Crippen LogP contribution >= 0.6 is 0 Å². The van der Waals surface area contributed by atoms with Gasteiger partial charge in [0.15, 0.2) is 0 Å². The zero-order valence-electron chi connectivity index (χ0n) is 16.4. The van der Waals surface area contributed by atoms with Gasteiger partial charge in [-0.1, -0.05) is 96.8 Å². The SMILES string of the molecule is CCCCCCCCCCCCCCCCCC(=O)O.O=S(=O)([O-])[O-].[Mg+2]. The van der Waals surface area contributed by atoms with Crippen molar-refractivity contribution in [1.29, 1.82) is 0 Å². The molecular formula is C18H36MgO6S. The average molecular weight is 405 g/mol. The molecular weight excluding hydrogens is 369 g/mol. The Morgan fingerprint density at radius 1 is 0.692 bits per heavy atom. The van der Waals surface area contributed by atoms with Crippen LogP contribution < -0.4 is 0 Å². The second-order valence-electron chi connectivity index (χ2n) is 6.50. The first-order chi connectivity index (χ1) is 11.8. The molecule has 152 valence electrons. The summed E-state index contributed by atoms with van der Waals surface area (Å²) in [4.78, 5) is 10.3. The van der Waals surface area contributed by atoms with Crippen molar-refractivity contribution in [3.05, 3.63) is 0 Å². The topological polar surface area (TPSA) is 118 Å². The number of unbranched alkanes of at least 4 members (excludes halogenated alkanes) is 14. The molecule has 6 nitrogen and oxygen atoms in total. The van der Waals surface area contributed by atoms with Crippen molar-refractivity contribution in [3.63, 3.8) is 0 Å². The van der Waals surface area contributed by atoms with Crippen LogP contribution in [-0.4, -0.2) is 51.7 Å². The number of hydrogen-bond acceptors (Lipinski definition) is 5. The van der Waals surface area contributed by atoms with Gasteiger partial charge >= 0.3 is 29.0 Å². The van der Waals surface area contributed by atoms with E-state index in [2.05, 4.69) is 6.92 Å². The Bertz CT molecular complexity index is 379. The van der Waals surface area contributed by atoms with Crippen molar-refractivity contribution in [1.82, 2.24) is 0 Å². The van der Waals surface area contributed by atoms with Crippen LogP contribution in [0.25, 0.3) is 0 Å². The average Bonchev–Trinajstić information content (AvgIpc) is 2.49. The van der Waals surface area contributed by atoms with Crippen molar-refractivity contribution >= 4 is 39.4 Å². The van der Waals surface area contributed by atoms with E-state index in [9.17, 15) is 4.79 Å². The maximum absolute atomic E-state index is 10.3. The molecule has 0 aliphatic rings. The maximum Gasteiger partial charge on any atom is 2.00 e. The molecule has 0 fully saturated rings. The minimum Gasteiger partial charge on any atom is -0.759 e. The van der Waals surface area contributed by atoms with Gasteiger partial charge in [0.1, 0.15) is 0 Å². The van der Waals surface area contributed by atoms with E-state index in [1.165, 1.54) is 83.5 Å². The monoisotopic (exact) mass is 404 g/mol. The molecule has 0 amide bonds. The fraction of sp³-hybridized carbons (Fsp3) is 0.944. The third-order valence-corrected chi connectivity index (χ3v) is 3.99. The second-order valence-corrected chi connectivity index (χ2v) is 7.32. The Morgan fingerprint density at radius 2 is 0.923 bits per heavy atom. The van der Waals surface area contributed by atoms with Crippen molar-refractivity contribution in [2.45, 2.75) is 110 Å². The molecule has 0 atom stereocenters. The van der Waals surface area contributed by atoms with Crippen molar-refractivity contribution in [2.24, 2.45) is 0 Å². The van der Waals surface area contributed by atoms with E-state index in [1.807, 2.05) is 0 Å². The molecule has 0 saturated carbocycles. The number of carbonyl (C=O) groups is 1. The van der Waals surface area contributed by atoms with E-state index < -0.39 is 16.4 Å². The first kappa shape index (κ1) is 30.8. The first-order valence-corrected chi connectivity index (χ1v) is 11.0. The summed E-state index contributed by atoms with van der Waals surface area (Å²) in [5.41, 5.74) is 0. The molecule has 1 N–H and O–H groups in total. The molecule has 0 saturated heterocycles. The largest absolute Gasteiger partial charge is 2.00 e. The summed E-state index contributed by atoms with van der Waals surface area (Å²) in [6, 6.07) is 0. The number of rotatable bonds is 16. The number of aliphatic carboxylic acids is 1. The molecule has 0 aliphatic heterocycles. The molecule has 0 aromatic rings. The van der Waals surface area contributed by atoms with Gasteiger partial charge in [0.25, 0.3) is 0 Å². The molecule has 0 radical (unpaired) electrons. The quantitative estimate of drug-likeness (QED) is 0.173. The van der Waals surface area contributed by atoms with Gasteiger partial charge in [-0.15, -0.1) is 0 Å². The standard InChI is InChI=1S/C18H36O2.Mg.H2O4S/c1-2-3-4-5-6-7-8-9-10-11-12-13-14-15-16-17-18(19)20;;1-5(2,3)4/h2-17H2,1H3,(H,19,20);;(H2,1,2,3,4)/q;+2;/p-2. The van der Waals surface area contributed by atoms with Crippen molar-refractivity contribution in [2.75, 3.05) is 0 Å². The molecule has 0 bridgehead atoms. The third kappa shape index (κ3) is 44.0. The molecule has 8 heteroatoms. The van der Waals surface area contributed by atoms with E-state index in [-0.39, 0.29) is 23.1 Å². The van der Waals surface area contributed by atoms with Gasteiger partial charge in [0, 0.05) is 16.8 Å². The Kier molecular flexibility index (Phi) is 27.4. The molecule has 0 heterocycles. The minimum absolute atomic E-state index is 0. The Hall–Kier alpha value is 0.106. The molecule has 0 aromatic carbocycles. The van der Waals surface area contributed by atoms with Crippen LogP contribution in [0.15, 0.2) is 0 Å². The Labute approximate surface area is 176 Å². The minimum atomic E-state index is -5.17. The van der Waals surface area contributed by atoms with Crippen LogP contribution in [0.4, 0.5) is 0 Å². The van der Waals surface area contributed by atoms with Gasteiger partial charge in [0.05, 0.1) is 0 Å². The Balaban J connectivity index is -0.000000772. The van der Waals surface area contributed by atoms with Gasteiger partial charge in [-0.3, -0.25) is 13.2 Å². The first-order valence-electron chi connectivity index (χ1n) is 9.66.